The van der Waals surface area contributed by atoms with Crippen LogP contribution in [0.1, 0.15) is 35.1 Å². The van der Waals surface area contributed by atoms with Crippen LogP contribution in [0.15, 0.2) is 17.1 Å². The van der Waals surface area contributed by atoms with Crippen molar-refractivity contribution in [3.63, 3.8) is 0 Å². The van der Waals surface area contributed by atoms with Crippen molar-refractivity contribution in [2.24, 2.45) is 4.99 Å². The third kappa shape index (κ3) is 1.84. The highest BCUT2D eigenvalue weighted by Crippen LogP contribution is 2.25. The second kappa shape index (κ2) is 4.28. The Morgan fingerprint density at radius 3 is 2.56 bits per heavy atom. The zero-order valence-electron chi connectivity index (χ0n) is 10.6. The lowest BCUT2D eigenvalue weighted by molar-refractivity contribution is 0.911. The molecule has 1 atom stereocenters. The van der Waals surface area contributed by atoms with Gasteiger partial charge in [-0.05, 0) is 43.0 Å². The molecule has 1 aromatic rings. The van der Waals surface area contributed by atoms with Crippen LogP contribution >= 0.6 is 0 Å². The van der Waals surface area contributed by atoms with Gasteiger partial charge in [0, 0.05) is 12.5 Å². The van der Waals surface area contributed by atoms with Crippen molar-refractivity contribution in [3.05, 3.63) is 34.4 Å². The van der Waals surface area contributed by atoms with Gasteiger partial charge in [0.2, 0.25) is 0 Å². The molecule has 0 spiro atoms. The van der Waals surface area contributed by atoms with Gasteiger partial charge < -0.3 is 5.32 Å². The van der Waals surface area contributed by atoms with Gasteiger partial charge in [0.25, 0.3) is 0 Å². The van der Waals surface area contributed by atoms with Crippen LogP contribution in [0.2, 0.25) is 0 Å². The molecule has 1 unspecified atom stereocenters. The molecular weight excluding hydrogens is 196 g/mol. The maximum absolute atomic E-state index is 4.51. The second-order valence-corrected chi connectivity index (χ2v) is 4.64. The monoisotopic (exact) mass is 216 g/mol. The molecule has 2 heteroatoms. The van der Waals surface area contributed by atoms with Crippen molar-refractivity contribution in [3.8, 4) is 0 Å². The first-order chi connectivity index (χ1) is 7.61. The highest BCUT2D eigenvalue weighted by atomic mass is 15.1. The topological polar surface area (TPSA) is 24.4 Å². The molecule has 1 N–H and O–H groups in total. The number of hydrogen-bond acceptors (Lipinski definition) is 2. The first kappa shape index (κ1) is 11.2. The molecule has 0 aliphatic carbocycles. The summed E-state index contributed by atoms with van der Waals surface area (Å²) in [6.45, 7) is 10.7. The molecule has 0 saturated carbocycles. The zero-order valence-corrected chi connectivity index (χ0v) is 10.6. The summed E-state index contributed by atoms with van der Waals surface area (Å²) in [7, 11) is 0. The van der Waals surface area contributed by atoms with Crippen molar-refractivity contribution in [2.75, 3.05) is 13.1 Å². The number of rotatable bonds is 2. The molecule has 0 fully saturated rings. The van der Waals surface area contributed by atoms with E-state index >= 15 is 0 Å². The maximum Gasteiger partial charge on any atom is 0.104 e. The van der Waals surface area contributed by atoms with Crippen LogP contribution < -0.4 is 5.32 Å². The molecule has 0 saturated heterocycles. The van der Waals surface area contributed by atoms with E-state index in [2.05, 4.69) is 50.1 Å². The maximum atomic E-state index is 4.51. The van der Waals surface area contributed by atoms with Crippen LogP contribution in [0.5, 0.6) is 0 Å². The average molecular weight is 216 g/mol. The first-order valence-electron chi connectivity index (χ1n) is 5.96. The summed E-state index contributed by atoms with van der Waals surface area (Å²) < 4.78 is 0. The van der Waals surface area contributed by atoms with Crippen LogP contribution in [-0.4, -0.2) is 18.9 Å². The van der Waals surface area contributed by atoms with Crippen LogP contribution in [0.4, 0.5) is 0 Å². The molecule has 0 bridgehead atoms. The molecule has 86 valence electrons. The summed E-state index contributed by atoms with van der Waals surface area (Å²) in [5.41, 5.74) is 5.58. The molecule has 1 aromatic carbocycles. The van der Waals surface area contributed by atoms with Gasteiger partial charge in [-0.1, -0.05) is 19.1 Å². The van der Waals surface area contributed by atoms with E-state index in [1.54, 1.807) is 0 Å². The van der Waals surface area contributed by atoms with E-state index < -0.39 is 0 Å². The van der Waals surface area contributed by atoms with E-state index in [0.717, 1.165) is 18.9 Å². The van der Waals surface area contributed by atoms with Crippen LogP contribution in [0.3, 0.4) is 0 Å². The molecule has 16 heavy (non-hydrogen) atoms. The van der Waals surface area contributed by atoms with Crippen LogP contribution in [0.25, 0.3) is 0 Å². The van der Waals surface area contributed by atoms with Crippen molar-refractivity contribution in [2.45, 2.75) is 33.6 Å². The largest absolute Gasteiger partial charge is 0.371 e. The van der Waals surface area contributed by atoms with E-state index in [1.165, 1.54) is 22.3 Å². The number of aryl methyl sites for hydroxylation is 1. The molecule has 2 rings (SSSR count). The molecule has 0 aromatic heterocycles. The predicted octanol–water partition coefficient (Wildman–Crippen LogP) is 2.72. The van der Waals surface area contributed by atoms with E-state index in [9.17, 15) is 0 Å². The van der Waals surface area contributed by atoms with E-state index in [1.807, 2.05) is 0 Å². The molecule has 0 radical (unpaired) electrons. The normalized spacial score (nSPS) is 16.9. The van der Waals surface area contributed by atoms with Gasteiger partial charge in [0.05, 0.1) is 6.54 Å². The third-order valence-electron chi connectivity index (χ3n) is 3.68. The number of aliphatic imine (C=N–C) groups is 1. The summed E-state index contributed by atoms with van der Waals surface area (Å²) in [4.78, 5) is 4.51. The molecule has 0 amide bonds. The number of nitrogens with zero attached hydrogens (tertiary/aromatic N) is 1. The summed E-state index contributed by atoms with van der Waals surface area (Å²) in [5.74, 6) is 1.54. The summed E-state index contributed by atoms with van der Waals surface area (Å²) in [5, 5.41) is 3.37. The molecule has 1 aliphatic rings. The number of hydrogen-bond donors (Lipinski definition) is 1. The van der Waals surface area contributed by atoms with Crippen molar-refractivity contribution in [1.29, 1.82) is 0 Å². The molecule has 1 aliphatic heterocycles. The third-order valence-corrected chi connectivity index (χ3v) is 3.68. The van der Waals surface area contributed by atoms with Gasteiger partial charge in [-0.3, -0.25) is 4.99 Å². The fourth-order valence-corrected chi connectivity index (χ4v) is 2.30. The lowest BCUT2D eigenvalue weighted by Gasteiger charge is -2.18. The van der Waals surface area contributed by atoms with Crippen LogP contribution in [-0.2, 0) is 0 Å². The minimum Gasteiger partial charge on any atom is -0.371 e. The van der Waals surface area contributed by atoms with E-state index in [0.29, 0.717) is 5.92 Å². The van der Waals surface area contributed by atoms with E-state index in [-0.39, 0.29) is 0 Å². The van der Waals surface area contributed by atoms with Gasteiger partial charge >= 0.3 is 0 Å². The minimum atomic E-state index is 0.391. The summed E-state index contributed by atoms with van der Waals surface area (Å²) in [6.07, 6.45) is 0. The molecular formula is C14H20N2. The lowest BCUT2D eigenvalue weighted by Crippen LogP contribution is -2.24. The minimum absolute atomic E-state index is 0.391. The highest BCUT2D eigenvalue weighted by Gasteiger charge is 2.18. The second-order valence-electron chi connectivity index (χ2n) is 4.64. The van der Waals surface area contributed by atoms with Crippen molar-refractivity contribution >= 4 is 5.84 Å². The Hall–Kier alpha value is -1.31. The zero-order chi connectivity index (χ0) is 11.7. The molecule has 2 nitrogen and oxygen atoms in total. The highest BCUT2D eigenvalue weighted by molar-refractivity contribution is 5.90. The fourth-order valence-electron chi connectivity index (χ4n) is 2.30. The van der Waals surface area contributed by atoms with Gasteiger partial charge in [-0.15, -0.1) is 0 Å². The Balaban J connectivity index is 2.37. The SMILES string of the molecule is Cc1ccc(C(C)C2=NCCN2)c(C)c1C. The Bertz CT molecular complexity index is 433. The number of nitrogens with one attached hydrogen (secondary N) is 1. The Labute approximate surface area is 97.8 Å². The number of amidine groups is 1. The summed E-state index contributed by atoms with van der Waals surface area (Å²) >= 11 is 0. The number of benzene rings is 1. The smallest absolute Gasteiger partial charge is 0.104 e. The van der Waals surface area contributed by atoms with Crippen molar-refractivity contribution < 1.29 is 0 Å². The first-order valence-corrected chi connectivity index (χ1v) is 5.96. The predicted molar refractivity (Wildman–Crippen MR) is 69.4 cm³/mol. The fraction of sp³-hybridized carbons (Fsp3) is 0.500. The quantitative estimate of drug-likeness (QED) is 0.807. The van der Waals surface area contributed by atoms with Crippen LogP contribution in [0, 0.1) is 20.8 Å². The van der Waals surface area contributed by atoms with Crippen molar-refractivity contribution in [1.82, 2.24) is 5.32 Å². The Morgan fingerprint density at radius 1 is 1.19 bits per heavy atom. The van der Waals surface area contributed by atoms with Gasteiger partial charge in [0.15, 0.2) is 0 Å². The Kier molecular flexibility index (Phi) is 2.99. The molecule has 1 heterocycles. The average Bonchev–Trinajstić information content (AvgIpc) is 2.79. The lowest BCUT2D eigenvalue weighted by atomic mass is 9.90. The van der Waals surface area contributed by atoms with E-state index in [4.69, 9.17) is 0 Å². The van der Waals surface area contributed by atoms with Gasteiger partial charge in [-0.25, -0.2) is 0 Å². The van der Waals surface area contributed by atoms with Gasteiger partial charge in [0.1, 0.15) is 5.84 Å². The Morgan fingerprint density at radius 2 is 1.94 bits per heavy atom. The standard InChI is InChI=1S/C14H20N2/c1-9-5-6-13(11(3)10(9)2)12(4)14-15-7-8-16-14/h5-6,12H,7-8H2,1-4H3,(H,15,16). The summed E-state index contributed by atoms with van der Waals surface area (Å²) in [6, 6.07) is 4.45. The van der Waals surface area contributed by atoms with Gasteiger partial charge in [-0.2, -0.15) is 0 Å².